The van der Waals surface area contributed by atoms with Crippen molar-refractivity contribution in [3.05, 3.63) is 52.8 Å². The van der Waals surface area contributed by atoms with Crippen molar-refractivity contribution in [2.75, 3.05) is 5.32 Å². The molecule has 0 aliphatic heterocycles. The molecule has 0 aliphatic carbocycles. The number of nitrogens with one attached hydrogen (secondary N) is 1. The van der Waals surface area contributed by atoms with Crippen LogP contribution in [0.4, 0.5) is 16.0 Å². The van der Waals surface area contributed by atoms with Gasteiger partial charge in [0.1, 0.15) is 5.82 Å². The van der Waals surface area contributed by atoms with Gasteiger partial charge in [-0.3, -0.25) is 0 Å². The van der Waals surface area contributed by atoms with Crippen LogP contribution in [0.5, 0.6) is 0 Å². The molecule has 1 aromatic carbocycles. The number of benzene rings is 1. The second-order valence-electron chi connectivity index (χ2n) is 3.93. The second kappa shape index (κ2) is 5.63. The first-order chi connectivity index (χ1) is 10.1. The van der Waals surface area contributed by atoms with Gasteiger partial charge in [0.05, 0.1) is 5.69 Å². The van der Waals surface area contributed by atoms with E-state index in [1.54, 1.807) is 24.5 Å². The zero-order valence-corrected chi connectivity index (χ0v) is 11.8. The first-order valence-electron chi connectivity index (χ1n) is 5.75. The van der Waals surface area contributed by atoms with E-state index in [4.69, 9.17) is 23.2 Å². The Morgan fingerprint density at radius 1 is 1.14 bits per heavy atom. The monoisotopic (exact) mass is 324 g/mol. The molecule has 0 saturated carbocycles. The van der Waals surface area contributed by atoms with Crippen LogP contribution >= 0.6 is 23.2 Å². The minimum absolute atomic E-state index is 0.0348. The van der Waals surface area contributed by atoms with E-state index < -0.39 is 5.82 Å². The van der Waals surface area contributed by atoms with Gasteiger partial charge in [-0.2, -0.15) is 20.1 Å². The maximum Gasteiger partial charge on any atom is 0.256 e. The summed E-state index contributed by atoms with van der Waals surface area (Å²) in [5.41, 5.74) is 0.174. The summed E-state index contributed by atoms with van der Waals surface area (Å²) in [6, 6.07) is 5.91. The average Bonchev–Trinajstić information content (AvgIpc) is 2.95. The molecule has 0 bridgehead atoms. The Labute approximate surface area is 128 Å². The fourth-order valence-corrected chi connectivity index (χ4v) is 1.91. The van der Waals surface area contributed by atoms with Crippen LogP contribution in [0.1, 0.15) is 0 Å². The summed E-state index contributed by atoms with van der Waals surface area (Å²) in [5.74, 6) is -0.210. The van der Waals surface area contributed by atoms with Crippen LogP contribution in [0.25, 0.3) is 5.95 Å². The van der Waals surface area contributed by atoms with Gasteiger partial charge in [0.15, 0.2) is 0 Å². The lowest BCUT2D eigenvalue weighted by atomic mass is 10.3. The van der Waals surface area contributed by atoms with E-state index in [1.807, 2.05) is 0 Å². The molecule has 0 aliphatic rings. The summed E-state index contributed by atoms with van der Waals surface area (Å²) in [6.07, 6.45) is 3.22. The number of nitrogens with zero attached hydrogens (tertiary/aromatic N) is 5. The third-order valence-corrected chi connectivity index (χ3v) is 2.89. The number of halogens is 3. The molecule has 0 spiro atoms. The van der Waals surface area contributed by atoms with Gasteiger partial charge < -0.3 is 5.32 Å². The highest BCUT2D eigenvalue weighted by Crippen LogP contribution is 2.22. The molecule has 21 heavy (non-hydrogen) atoms. The maximum atomic E-state index is 13.7. The molecule has 106 valence electrons. The van der Waals surface area contributed by atoms with Crippen molar-refractivity contribution in [2.24, 2.45) is 0 Å². The molecule has 0 radical (unpaired) electrons. The lowest BCUT2D eigenvalue weighted by molar-refractivity contribution is 0.631. The number of hydrogen-bond acceptors (Lipinski definition) is 5. The van der Waals surface area contributed by atoms with E-state index in [9.17, 15) is 4.39 Å². The fraction of sp³-hybridized carbons (Fsp3) is 0. The van der Waals surface area contributed by atoms with Crippen molar-refractivity contribution in [2.45, 2.75) is 0 Å². The normalized spacial score (nSPS) is 10.6. The van der Waals surface area contributed by atoms with Gasteiger partial charge in [-0.25, -0.2) is 9.07 Å². The van der Waals surface area contributed by atoms with Crippen LogP contribution in [-0.2, 0) is 0 Å². The van der Waals surface area contributed by atoms with E-state index in [-0.39, 0.29) is 22.9 Å². The predicted octanol–water partition coefficient (Wildman–Crippen LogP) is 3.25. The Bertz CT molecular complexity index is 777. The highest BCUT2D eigenvalue weighted by atomic mass is 35.5. The Morgan fingerprint density at radius 2 is 2.00 bits per heavy atom. The van der Waals surface area contributed by atoms with Gasteiger partial charge in [-0.05, 0) is 35.9 Å². The zero-order valence-electron chi connectivity index (χ0n) is 10.3. The first-order valence-corrected chi connectivity index (χ1v) is 6.51. The Balaban J connectivity index is 1.95. The Kier molecular flexibility index (Phi) is 3.68. The molecular formula is C12H7Cl2FN6. The molecule has 2 aromatic heterocycles. The van der Waals surface area contributed by atoms with Crippen molar-refractivity contribution >= 4 is 34.8 Å². The van der Waals surface area contributed by atoms with Crippen LogP contribution in [0.3, 0.4) is 0 Å². The van der Waals surface area contributed by atoms with Crippen LogP contribution < -0.4 is 5.32 Å². The maximum absolute atomic E-state index is 13.7. The molecule has 0 fully saturated rings. The van der Waals surface area contributed by atoms with E-state index in [0.29, 0.717) is 5.02 Å². The SMILES string of the molecule is Fc1cc(Cl)ccc1Nc1nc(Cl)nc(-n2cccn2)n1. The average molecular weight is 325 g/mol. The summed E-state index contributed by atoms with van der Waals surface area (Å²) >= 11 is 11.5. The molecule has 0 saturated heterocycles. The lowest BCUT2D eigenvalue weighted by Gasteiger charge is -2.07. The van der Waals surface area contributed by atoms with E-state index in [2.05, 4.69) is 25.4 Å². The second-order valence-corrected chi connectivity index (χ2v) is 4.70. The summed E-state index contributed by atoms with van der Waals surface area (Å²) in [7, 11) is 0. The van der Waals surface area contributed by atoms with Gasteiger partial charge in [0.2, 0.25) is 11.2 Å². The van der Waals surface area contributed by atoms with Crippen molar-refractivity contribution in [3.63, 3.8) is 0 Å². The molecule has 3 aromatic rings. The van der Waals surface area contributed by atoms with E-state index in [1.165, 1.54) is 16.8 Å². The minimum atomic E-state index is -0.528. The molecule has 9 heteroatoms. The minimum Gasteiger partial charge on any atom is -0.321 e. The number of aromatic nitrogens is 5. The molecule has 3 rings (SSSR count). The van der Waals surface area contributed by atoms with Crippen LogP contribution in [-0.4, -0.2) is 24.7 Å². The van der Waals surface area contributed by atoms with Gasteiger partial charge in [0.25, 0.3) is 5.95 Å². The predicted molar refractivity (Wildman–Crippen MR) is 76.7 cm³/mol. The van der Waals surface area contributed by atoms with Gasteiger partial charge in [-0.15, -0.1) is 0 Å². The third kappa shape index (κ3) is 3.09. The number of rotatable bonds is 3. The highest BCUT2D eigenvalue weighted by molar-refractivity contribution is 6.30. The standard InChI is InChI=1S/C12H7Cl2FN6/c13-7-2-3-9(8(15)6-7)17-11-18-10(14)19-12(20-11)21-5-1-4-16-21/h1-6H,(H,17,18,19,20). The number of anilines is 2. The van der Waals surface area contributed by atoms with Crippen LogP contribution in [0.15, 0.2) is 36.7 Å². The largest absolute Gasteiger partial charge is 0.321 e. The number of hydrogen-bond donors (Lipinski definition) is 1. The third-order valence-electron chi connectivity index (χ3n) is 2.48. The molecule has 0 amide bonds. The van der Waals surface area contributed by atoms with E-state index in [0.717, 1.165) is 0 Å². The van der Waals surface area contributed by atoms with E-state index >= 15 is 0 Å². The molecule has 0 atom stereocenters. The summed E-state index contributed by atoms with van der Waals surface area (Å²) < 4.78 is 15.2. The quantitative estimate of drug-likeness (QED) is 0.800. The topological polar surface area (TPSA) is 68.5 Å². The van der Waals surface area contributed by atoms with Gasteiger partial charge >= 0.3 is 0 Å². The molecular weight excluding hydrogens is 318 g/mol. The highest BCUT2D eigenvalue weighted by Gasteiger charge is 2.09. The van der Waals surface area contributed by atoms with Crippen molar-refractivity contribution in [1.82, 2.24) is 24.7 Å². The molecule has 1 N–H and O–H groups in total. The van der Waals surface area contributed by atoms with Crippen LogP contribution in [0.2, 0.25) is 10.3 Å². The lowest BCUT2D eigenvalue weighted by Crippen LogP contribution is -2.07. The van der Waals surface area contributed by atoms with Crippen LogP contribution in [0, 0.1) is 5.82 Å². The van der Waals surface area contributed by atoms with Gasteiger partial charge in [0, 0.05) is 17.4 Å². The summed E-state index contributed by atoms with van der Waals surface area (Å²) in [4.78, 5) is 12.0. The summed E-state index contributed by atoms with van der Waals surface area (Å²) in [5, 5.41) is 6.97. The van der Waals surface area contributed by atoms with Crippen molar-refractivity contribution in [1.29, 1.82) is 0 Å². The smallest absolute Gasteiger partial charge is 0.256 e. The van der Waals surface area contributed by atoms with Crippen molar-refractivity contribution in [3.8, 4) is 5.95 Å². The van der Waals surface area contributed by atoms with Crippen molar-refractivity contribution < 1.29 is 4.39 Å². The summed E-state index contributed by atoms with van der Waals surface area (Å²) in [6.45, 7) is 0. The Morgan fingerprint density at radius 3 is 2.71 bits per heavy atom. The fourth-order valence-electron chi connectivity index (χ4n) is 1.60. The molecule has 0 unspecified atom stereocenters. The first kappa shape index (κ1) is 13.7. The zero-order chi connectivity index (χ0) is 14.8. The molecule has 2 heterocycles. The Hall–Kier alpha value is -2.25. The van der Waals surface area contributed by atoms with Gasteiger partial charge in [-0.1, -0.05) is 11.6 Å². The molecule has 6 nitrogen and oxygen atoms in total.